The highest BCUT2D eigenvalue weighted by Crippen LogP contribution is 2.24. The Balaban J connectivity index is 1.87. The van der Waals surface area contributed by atoms with Gasteiger partial charge in [0, 0.05) is 37.2 Å². The topological polar surface area (TPSA) is 68.5 Å². The Hall–Kier alpha value is -1.92. The van der Waals surface area contributed by atoms with Gasteiger partial charge in [-0.1, -0.05) is 35.8 Å². The second-order valence-electron chi connectivity index (χ2n) is 5.76. The molecular formula is C17H22ClN3O3. The molecule has 0 spiro atoms. The van der Waals surface area contributed by atoms with E-state index >= 15 is 0 Å². The largest absolute Gasteiger partial charge is 0.375 e. The number of benzene rings is 1. The minimum Gasteiger partial charge on any atom is -0.375 e. The third kappa shape index (κ3) is 5.04. The summed E-state index contributed by atoms with van der Waals surface area (Å²) in [5.41, 5.74) is 0.828. The van der Waals surface area contributed by atoms with Gasteiger partial charge >= 0.3 is 0 Å². The Morgan fingerprint density at radius 3 is 2.96 bits per heavy atom. The van der Waals surface area contributed by atoms with E-state index in [1.54, 1.807) is 24.1 Å². The van der Waals surface area contributed by atoms with Crippen LogP contribution < -0.4 is 0 Å². The van der Waals surface area contributed by atoms with Crippen LogP contribution in [0.2, 0.25) is 5.02 Å². The van der Waals surface area contributed by atoms with E-state index in [0.29, 0.717) is 23.3 Å². The number of halogens is 1. The Labute approximate surface area is 146 Å². The van der Waals surface area contributed by atoms with Crippen molar-refractivity contribution in [2.75, 3.05) is 27.3 Å². The first-order chi connectivity index (χ1) is 11.5. The lowest BCUT2D eigenvalue weighted by Gasteiger charge is -2.17. The number of aromatic nitrogens is 2. The quantitative estimate of drug-likeness (QED) is 0.729. The maximum Gasteiger partial charge on any atom is 0.248 e. The molecule has 1 unspecified atom stereocenters. The summed E-state index contributed by atoms with van der Waals surface area (Å²) in [4.78, 5) is 17.7. The molecule has 1 aromatic heterocycles. The molecule has 24 heavy (non-hydrogen) atoms. The molecule has 0 aliphatic carbocycles. The van der Waals surface area contributed by atoms with Crippen molar-refractivity contribution in [1.82, 2.24) is 15.0 Å². The monoisotopic (exact) mass is 351 g/mol. The molecule has 0 fully saturated rings. The molecule has 2 aromatic rings. The van der Waals surface area contributed by atoms with Gasteiger partial charge in [0.1, 0.15) is 6.61 Å². The lowest BCUT2D eigenvalue weighted by Crippen LogP contribution is -2.30. The number of carbonyl (C=O) groups excluding carboxylic acids is 1. The number of methoxy groups -OCH3 is 1. The van der Waals surface area contributed by atoms with Gasteiger partial charge in [0.15, 0.2) is 0 Å². The summed E-state index contributed by atoms with van der Waals surface area (Å²) in [6.07, 6.45) is 1.70. The number of carbonyl (C=O) groups is 1. The molecule has 0 N–H and O–H groups in total. The first kappa shape index (κ1) is 18.4. The van der Waals surface area contributed by atoms with E-state index in [9.17, 15) is 4.79 Å². The second kappa shape index (κ2) is 8.80. The average molecular weight is 352 g/mol. The molecule has 0 bridgehead atoms. The van der Waals surface area contributed by atoms with Gasteiger partial charge < -0.3 is 14.2 Å². The minimum absolute atomic E-state index is 0.0221. The number of hydrogen-bond donors (Lipinski definition) is 0. The Bertz CT molecular complexity index is 675. The predicted molar refractivity (Wildman–Crippen MR) is 91.9 cm³/mol. The van der Waals surface area contributed by atoms with E-state index in [1.807, 2.05) is 19.1 Å². The lowest BCUT2D eigenvalue weighted by atomic mass is 10.1. The van der Waals surface area contributed by atoms with Crippen molar-refractivity contribution in [3.05, 3.63) is 35.2 Å². The molecule has 2 rings (SSSR count). The van der Waals surface area contributed by atoms with Gasteiger partial charge in [-0.25, -0.2) is 0 Å². The Morgan fingerprint density at radius 2 is 2.25 bits per heavy atom. The van der Waals surface area contributed by atoms with Gasteiger partial charge in [0.2, 0.25) is 17.6 Å². The number of likely N-dealkylation sites (N-methyl/N-ethyl adjacent to an activating group) is 1. The van der Waals surface area contributed by atoms with Crippen LogP contribution in [0.1, 0.15) is 31.6 Å². The number of amides is 1. The summed E-state index contributed by atoms with van der Waals surface area (Å²) in [5, 5.41) is 4.65. The van der Waals surface area contributed by atoms with Crippen molar-refractivity contribution >= 4 is 17.5 Å². The highest BCUT2D eigenvalue weighted by atomic mass is 35.5. The molecule has 0 aliphatic rings. The predicted octanol–water partition coefficient (Wildman–Crippen LogP) is 3.38. The third-order valence-corrected chi connectivity index (χ3v) is 4.01. The third-order valence-electron chi connectivity index (χ3n) is 3.77. The van der Waals surface area contributed by atoms with E-state index in [0.717, 1.165) is 18.4 Å². The van der Waals surface area contributed by atoms with Crippen molar-refractivity contribution in [2.24, 2.45) is 0 Å². The summed E-state index contributed by atoms with van der Waals surface area (Å²) in [6, 6.07) is 7.35. The van der Waals surface area contributed by atoms with Crippen molar-refractivity contribution in [2.45, 2.75) is 25.7 Å². The van der Waals surface area contributed by atoms with Crippen LogP contribution in [-0.2, 0) is 9.53 Å². The first-order valence-corrected chi connectivity index (χ1v) is 8.21. The second-order valence-corrected chi connectivity index (χ2v) is 6.19. The fourth-order valence-corrected chi connectivity index (χ4v) is 2.49. The van der Waals surface area contributed by atoms with E-state index in [-0.39, 0.29) is 18.4 Å². The average Bonchev–Trinajstić information content (AvgIpc) is 3.05. The maximum absolute atomic E-state index is 11.6. The zero-order chi connectivity index (χ0) is 17.5. The van der Waals surface area contributed by atoms with Gasteiger partial charge in [-0.05, 0) is 25.0 Å². The van der Waals surface area contributed by atoms with Crippen LogP contribution in [0, 0.1) is 0 Å². The molecule has 130 valence electrons. The standard InChI is InChI=1S/C17H22ClN3O3/c1-12(6-5-9-21(2)15(22)11-23-3)17-19-16(20-24-17)13-7-4-8-14(18)10-13/h4,7-8,10,12H,5-6,9,11H2,1-3H3. The van der Waals surface area contributed by atoms with Crippen molar-refractivity contribution in [3.63, 3.8) is 0 Å². The SMILES string of the molecule is COCC(=O)N(C)CCCC(C)c1nc(-c2cccc(Cl)c2)no1. The summed E-state index contributed by atoms with van der Waals surface area (Å²) >= 11 is 5.98. The summed E-state index contributed by atoms with van der Waals surface area (Å²) in [5.74, 6) is 1.23. The van der Waals surface area contributed by atoms with Crippen molar-refractivity contribution in [1.29, 1.82) is 0 Å². The summed E-state index contributed by atoms with van der Waals surface area (Å²) in [7, 11) is 3.29. The van der Waals surface area contributed by atoms with E-state index in [2.05, 4.69) is 10.1 Å². The number of nitrogens with zero attached hydrogens (tertiary/aromatic N) is 3. The van der Waals surface area contributed by atoms with Crippen LogP contribution in [0.4, 0.5) is 0 Å². The number of ether oxygens (including phenoxy) is 1. The molecule has 6 nitrogen and oxygen atoms in total. The van der Waals surface area contributed by atoms with E-state index < -0.39 is 0 Å². The van der Waals surface area contributed by atoms with Gasteiger partial charge in [0.25, 0.3) is 0 Å². The van der Waals surface area contributed by atoms with Crippen LogP contribution in [0.3, 0.4) is 0 Å². The molecule has 0 aliphatic heterocycles. The maximum atomic E-state index is 11.6. The summed E-state index contributed by atoms with van der Waals surface area (Å²) < 4.78 is 10.2. The van der Waals surface area contributed by atoms with Gasteiger partial charge in [-0.3, -0.25) is 4.79 Å². The first-order valence-electron chi connectivity index (χ1n) is 7.83. The molecule has 1 atom stereocenters. The van der Waals surface area contributed by atoms with Gasteiger partial charge in [0.05, 0.1) is 0 Å². The molecule has 1 heterocycles. The number of rotatable bonds is 8. The molecule has 7 heteroatoms. The van der Waals surface area contributed by atoms with Crippen LogP contribution in [-0.4, -0.2) is 48.3 Å². The Kier molecular flexibility index (Phi) is 6.75. The van der Waals surface area contributed by atoms with Crippen LogP contribution in [0.5, 0.6) is 0 Å². The number of hydrogen-bond acceptors (Lipinski definition) is 5. The van der Waals surface area contributed by atoms with Crippen molar-refractivity contribution in [3.8, 4) is 11.4 Å². The molecule has 1 amide bonds. The molecule has 0 saturated carbocycles. The van der Waals surface area contributed by atoms with Crippen LogP contribution in [0.15, 0.2) is 28.8 Å². The molecule has 0 saturated heterocycles. The zero-order valence-electron chi connectivity index (χ0n) is 14.2. The fourth-order valence-electron chi connectivity index (χ4n) is 2.30. The molecule has 0 radical (unpaired) electrons. The molecule has 1 aromatic carbocycles. The smallest absolute Gasteiger partial charge is 0.248 e. The van der Waals surface area contributed by atoms with E-state index in [1.165, 1.54) is 7.11 Å². The van der Waals surface area contributed by atoms with Gasteiger partial charge in [-0.15, -0.1) is 0 Å². The highest BCUT2D eigenvalue weighted by molar-refractivity contribution is 6.30. The zero-order valence-corrected chi connectivity index (χ0v) is 14.9. The normalized spacial score (nSPS) is 12.2. The minimum atomic E-state index is -0.0221. The molecular weight excluding hydrogens is 330 g/mol. The van der Waals surface area contributed by atoms with Crippen LogP contribution in [0.25, 0.3) is 11.4 Å². The van der Waals surface area contributed by atoms with Crippen LogP contribution >= 0.6 is 11.6 Å². The highest BCUT2D eigenvalue weighted by Gasteiger charge is 2.16. The summed E-state index contributed by atoms with van der Waals surface area (Å²) in [6.45, 7) is 2.81. The lowest BCUT2D eigenvalue weighted by molar-refractivity contribution is -0.133. The van der Waals surface area contributed by atoms with Crippen molar-refractivity contribution < 1.29 is 14.1 Å². The fraction of sp³-hybridized carbons (Fsp3) is 0.471. The van der Waals surface area contributed by atoms with Gasteiger partial charge in [-0.2, -0.15) is 4.98 Å². The Morgan fingerprint density at radius 1 is 1.46 bits per heavy atom. The van der Waals surface area contributed by atoms with E-state index in [4.69, 9.17) is 20.9 Å².